The summed E-state index contributed by atoms with van der Waals surface area (Å²) in [4.78, 5) is 11.2. The first-order valence-electron chi connectivity index (χ1n) is 5.55. The average Bonchev–Trinajstić information content (AvgIpc) is 2.99. The van der Waals surface area contributed by atoms with Crippen LogP contribution in [0.2, 0.25) is 0 Å². The van der Waals surface area contributed by atoms with Gasteiger partial charge in [-0.2, -0.15) is 5.10 Å². The normalized spacial score (nSPS) is 10.7. The van der Waals surface area contributed by atoms with Crippen molar-refractivity contribution in [3.05, 3.63) is 48.5 Å². The molecule has 18 heavy (non-hydrogen) atoms. The summed E-state index contributed by atoms with van der Waals surface area (Å²) < 4.78 is 1.79. The highest BCUT2D eigenvalue weighted by Gasteiger charge is 2.12. The number of H-pyrrole nitrogens is 1. The summed E-state index contributed by atoms with van der Waals surface area (Å²) in [5, 5.41) is 4.21. The molecule has 0 unspecified atom stereocenters. The predicted octanol–water partition coefficient (Wildman–Crippen LogP) is 1.30. The molecule has 2 heterocycles. The maximum absolute atomic E-state index is 5.77. The van der Waals surface area contributed by atoms with E-state index in [0.29, 0.717) is 23.9 Å². The van der Waals surface area contributed by atoms with E-state index in [-0.39, 0.29) is 0 Å². The van der Waals surface area contributed by atoms with Crippen LogP contribution in [0, 0.1) is 0 Å². The zero-order chi connectivity index (χ0) is 12.4. The van der Waals surface area contributed by atoms with Crippen LogP contribution in [0.5, 0.6) is 0 Å². The topological polar surface area (TPSA) is 85.4 Å². The van der Waals surface area contributed by atoms with Gasteiger partial charge in [-0.05, 0) is 5.56 Å². The van der Waals surface area contributed by atoms with Crippen LogP contribution >= 0.6 is 0 Å². The van der Waals surface area contributed by atoms with E-state index < -0.39 is 0 Å². The predicted molar refractivity (Wildman–Crippen MR) is 67.6 cm³/mol. The molecule has 0 aliphatic heterocycles. The second-order valence-corrected chi connectivity index (χ2v) is 3.89. The van der Waals surface area contributed by atoms with Crippen LogP contribution in [-0.2, 0) is 6.54 Å². The lowest BCUT2D eigenvalue weighted by atomic mass is 10.2. The minimum absolute atomic E-state index is 0.428. The molecule has 0 saturated heterocycles. The molecular formula is C12H12N6. The molecule has 3 aromatic rings. The molecule has 3 N–H and O–H groups in total. The van der Waals surface area contributed by atoms with Crippen LogP contribution in [0.4, 0.5) is 5.82 Å². The molecule has 3 rings (SSSR count). The lowest BCUT2D eigenvalue weighted by molar-refractivity contribution is 0.692. The highest BCUT2D eigenvalue weighted by Crippen LogP contribution is 2.19. The summed E-state index contributed by atoms with van der Waals surface area (Å²) in [5.41, 5.74) is 7.62. The first-order chi connectivity index (χ1) is 8.84. The summed E-state index contributed by atoms with van der Waals surface area (Å²) in [5.74, 6) is 1.12. The largest absolute Gasteiger partial charge is 0.382 e. The van der Waals surface area contributed by atoms with Crippen LogP contribution in [0.1, 0.15) is 5.56 Å². The van der Waals surface area contributed by atoms with Crippen molar-refractivity contribution in [2.45, 2.75) is 6.54 Å². The summed E-state index contributed by atoms with van der Waals surface area (Å²) in [7, 11) is 0. The molecular weight excluding hydrogens is 228 g/mol. The first-order valence-corrected chi connectivity index (χ1v) is 5.55. The van der Waals surface area contributed by atoms with Crippen LogP contribution in [0.3, 0.4) is 0 Å². The Balaban J connectivity index is 1.96. The first kappa shape index (κ1) is 10.5. The van der Waals surface area contributed by atoms with Crippen molar-refractivity contribution in [1.29, 1.82) is 0 Å². The van der Waals surface area contributed by atoms with Gasteiger partial charge in [0.05, 0.1) is 12.9 Å². The van der Waals surface area contributed by atoms with Gasteiger partial charge in [0.15, 0.2) is 11.6 Å². The zero-order valence-corrected chi connectivity index (χ0v) is 9.61. The number of aromatic amines is 1. The number of nitrogens with two attached hydrogens (primary N) is 1. The number of nitrogens with zero attached hydrogens (tertiary/aromatic N) is 4. The molecule has 0 fully saturated rings. The number of benzene rings is 1. The summed E-state index contributed by atoms with van der Waals surface area (Å²) in [6.45, 7) is 0.647. The molecule has 0 radical (unpaired) electrons. The Labute approximate surface area is 104 Å². The van der Waals surface area contributed by atoms with Crippen molar-refractivity contribution in [1.82, 2.24) is 24.7 Å². The Morgan fingerprint density at radius 2 is 2.00 bits per heavy atom. The molecule has 0 spiro atoms. The number of hydrogen-bond acceptors (Lipinski definition) is 4. The quantitative estimate of drug-likeness (QED) is 0.722. The molecule has 90 valence electrons. The number of rotatable bonds is 3. The average molecular weight is 240 g/mol. The third-order valence-corrected chi connectivity index (χ3v) is 2.68. The van der Waals surface area contributed by atoms with Crippen molar-refractivity contribution in [3.63, 3.8) is 0 Å². The number of imidazole rings is 1. The molecule has 1 aromatic carbocycles. The van der Waals surface area contributed by atoms with Gasteiger partial charge in [-0.15, -0.1) is 0 Å². The van der Waals surface area contributed by atoms with Crippen LogP contribution in [-0.4, -0.2) is 24.7 Å². The number of nitrogens with one attached hydrogen (secondary N) is 1. The van der Waals surface area contributed by atoms with Crippen molar-refractivity contribution in [3.8, 4) is 11.5 Å². The molecule has 2 aromatic heterocycles. The standard InChI is InChI=1S/C12H12N6/c13-11-10(14-7-15-11)12-16-8-17-18(12)6-9-4-2-1-3-5-9/h1-5,7-8H,6,13H2,(H,14,15). The Bertz CT molecular complexity index is 639. The molecule has 6 heteroatoms. The second kappa shape index (κ2) is 4.33. The van der Waals surface area contributed by atoms with Gasteiger partial charge in [-0.25, -0.2) is 14.6 Å². The summed E-state index contributed by atoms with van der Waals surface area (Å²) in [6, 6.07) is 10.1. The van der Waals surface area contributed by atoms with Crippen LogP contribution in [0.25, 0.3) is 11.5 Å². The van der Waals surface area contributed by atoms with Crippen molar-refractivity contribution in [2.75, 3.05) is 5.73 Å². The van der Waals surface area contributed by atoms with Crippen molar-refractivity contribution < 1.29 is 0 Å². The van der Waals surface area contributed by atoms with Gasteiger partial charge in [0.2, 0.25) is 0 Å². The Kier molecular flexibility index (Phi) is 2.53. The highest BCUT2D eigenvalue weighted by atomic mass is 15.3. The van der Waals surface area contributed by atoms with Crippen LogP contribution < -0.4 is 5.73 Å². The minimum Gasteiger partial charge on any atom is -0.382 e. The fourth-order valence-electron chi connectivity index (χ4n) is 1.81. The van der Waals surface area contributed by atoms with Gasteiger partial charge in [0.25, 0.3) is 0 Å². The van der Waals surface area contributed by atoms with Gasteiger partial charge in [-0.3, -0.25) is 0 Å². The lowest BCUT2D eigenvalue weighted by Gasteiger charge is -2.05. The zero-order valence-electron chi connectivity index (χ0n) is 9.61. The Hall–Kier alpha value is -2.63. The molecule has 0 atom stereocenters. The van der Waals surface area contributed by atoms with E-state index in [2.05, 4.69) is 20.1 Å². The Morgan fingerprint density at radius 3 is 2.72 bits per heavy atom. The van der Waals surface area contributed by atoms with E-state index in [9.17, 15) is 0 Å². The third kappa shape index (κ3) is 1.84. The van der Waals surface area contributed by atoms with Crippen molar-refractivity contribution in [2.24, 2.45) is 0 Å². The number of hydrogen-bond donors (Lipinski definition) is 2. The fraction of sp³-hybridized carbons (Fsp3) is 0.0833. The van der Waals surface area contributed by atoms with Gasteiger partial charge in [0.1, 0.15) is 12.0 Å². The molecule has 0 bridgehead atoms. The molecule has 0 saturated carbocycles. The van der Waals surface area contributed by atoms with E-state index in [1.807, 2.05) is 30.3 Å². The van der Waals surface area contributed by atoms with E-state index in [1.54, 1.807) is 11.0 Å². The summed E-state index contributed by atoms with van der Waals surface area (Å²) >= 11 is 0. The van der Waals surface area contributed by atoms with Crippen molar-refractivity contribution >= 4 is 5.82 Å². The second-order valence-electron chi connectivity index (χ2n) is 3.89. The van der Waals surface area contributed by atoms with E-state index >= 15 is 0 Å². The number of aromatic nitrogens is 5. The van der Waals surface area contributed by atoms with E-state index in [1.165, 1.54) is 6.33 Å². The summed E-state index contributed by atoms with van der Waals surface area (Å²) in [6.07, 6.45) is 3.06. The van der Waals surface area contributed by atoms with Gasteiger partial charge in [0, 0.05) is 0 Å². The van der Waals surface area contributed by atoms with Crippen LogP contribution in [0.15, 0.2) is 43.0 Å². The van der Waals surface area contributed by atoms with Gasteiger partial charge in [-0.1, -0.05) is 30.3 Å². The maximum Gasteiger partial charge on any atom is 0.178 e. The lowest BCUT2D eigenvalue weighted by Crippen LogP contribution is -2.05. The minimum atomic E-state index is 0.428. The highest BCUT2D eigenvalue weighted by molar-refractivity contribution is 5.63. The number of nitrogen functional groups attached to an aromatic ring is 1. The van der Waals surface area contributed by atoms with Gasteiger partial charge < -0.3 is 10.7 Å². The Morgan fingerprint density at radius 1 is 1.17 bits per heavy atom. The molecule has 0 aliphatic carbocycles. The SMILES string of the molecule is Nc1nc[nH]c1-c1ncnn1Cc1ccccc1. The number of anilines is 1. The maximum atomic E-state index is 5.77. The monoisotopic (exact) mass is 240 g/mol. The van der Waals surface area contributed by atoms with Gasteiger partial charge >= 0.3 is 0 Å². The van der Waals surface area contributed by atoms with E-state index in [0.717, 1.165) is 5.56 Å². The molecule has 0 aliphatic rings. The third-order valence-electron chi connectivity index (χ3n) is 2.68. The molecule has 6 nitrogen and oxygen atoms in total. The smallest absolute Gasteiger partial charge is 0.178 e. The van der Waals surface area contributed by atoms with E-state index in [4.69, 9.17) is 5.73 Å². The molecule has 0 amide bonds. The fourth-order valence-corrected chi connectivity index (χ4v) is 1.81.